The van der Waals surface area contributed by atoms with Crippen molar-refractivity contribution in [3.8, 4) is 0 Å². The van der Waals surface area contributed by atoms with Crippen LogP contribution >= 0.6 is 0 Å². The number of carboxylic acid groups (broad SMARTS) is 1. The third-order valence-electron chi connectivity index (χ3n) is 1.50. The molecule has 0 aliphatic carbocycles. The number of carboxylic acids is 1. The van der Waals surface area contributed by atoms with Crippen LogP contribution in [0.1, 0.15) is 23.0 Å². The van der Waals surface area contributed by atoms with Gasteiger partial charge in [0.05, 0.1) is 11.3 Å². The second kappa shape index (κ2) is 3.82. The van der Waals surface area contributed by atoms with E-state index >= 15 is 0 Å². The zero-order valence-corrected chi connectivity index (χ0v) is 7.74. The summed E-state index contributed by atoms with van der Waals surface area (Å²) in [7, 11) is 0. The summed E-state index contributed by atoms with van der Waals surface area (Å²) in [4.78, 5) is 28.7. The van der Waals surface area contributed by atoms with E-state index in [0.29, 0.717) is 5.69 Å². The van der Waals surface area contributed by atoms with E-state index in [1.165, 1.54) is 13.8 Å². The molecule has 1 aromatic rings. The zero-order chi connectivity index (χ0) is 10.7. The fourth-order valence-corrected chi connectivity index (χ4v) is 0.895. The molecule has 0 spiro atoms. The molecular formula is C8H9N3O3. The smallest absolute Gasteiger partial charge is 0.339 e. The molecule has 0 unspecified atom stereocenters. The van der Waals surface area contributed by atoms with Crippen molar-refractivity contribution in [2.24, 2.45) is 0 Å². The first-order valence-corrected chi connectivity index (χ1v) is 3.85. The average Bonchev–Trinajstić information content (AvgIpc) is 2.01. The van der Waals surface area contributed by atoms with E-state index in [1.54, 1.807) is 0 Å². The standard InChI is InChI=1S/C8H9N3O3/c1-4-6(7(13)14)3-9-8(10-4)11-5(2)12/h3H,1-2H3,(H,13,14)(H,9,10,11,12). The van der Waals surface area contributed by atoms with Gasteiger partial charge in [-0.15, -0.1) is 0 Å². The molecule has 1 rings (SSSR count). The van der Waals surface area contributed by atoms with Crippen LogP contribution in [0.25, 0.3) is 0 Å². The number of carbonyl (C=O) groups excluding carboxylic acids is 1. The first-order valence-electron chi connectivity index (χ1n) is 3.85. The van der Waals surface area contributed by atoms with E-state index in [1.807, 2.05) is 0 Å². The maximum absolute atomic E-state index is 10.6. The lowest BCUT2D eigenvalue weighted by molar-refractivity contribution is -0.114. The summed E-state index contributed by atoms with van der Waals surface area (Å²) >= 11 is 0. The van der Waals surface area contributed by atoms with Gasteiger partial charge in [-0.3, -0.25) is 10.1 Å². The van der Waals surface area contributed by atoms with Crippen LogP contribution in [0.15, 0.2) is 6.20 Å². The molecule has 14 heavy (non-hydrogen) atoms. The van der Waals surface area contributed by atoms with Crippen molar-refractivity contribution in [1.29, 1.82) is 0 Å². The molecule has 6 heteroatoms. The zero-order valence-electron chi connectivity index (χ0n) is 7.74. The van der Waals surface area contributed by atoms with Gasteiger partial charge in [0.1, 0.15) is 0 Å². The number of carbonyl (C=O) groups is 2. The highest BCUT2D eigenvalue weighted by Crippen LogP contribution is 2.06. The Balaban J connectivity index is 3.00. The van der Waals surface area contributed by atoms with Gasteiger partial charge in [-0.2, -0.15) is 0 Å². The summed E-state index contributed by atoms with van der Waals surface area (Å²) in [5.74, 6) is -1.27. The van der Waals surface area contributed by atoms with E-state index < -0.39 is 5.97 Å². The van der Waals surface area contributed by atoms with Gasteiger partial charge in [-0.05, 0) is 6.92 Å². The molecule has 0 saturated heterocycles. The van der Waals surface area contributed by atoms with Crippen LogP contribution in [0.4, 0.5) is 5.95 Å². The fourth-order valence-electron chi connectivity index (χ4n) is 0.895. The maximum atomic E-state index is 10.6. The number of aromatic carboxylic acids is 1. The number of amides is 1. The summed E-state index contributed by atoms with van der Waals surface area (Å²) in [6, 6.07) is 0. The Morgan fingerprint density at radius 2 is 2.14 bits per heavy atom. The third kappa shape index (κ3) is 2.25. The van der Waals surface area contributed by atoms with Crippen molar-refractivity contribution in [3.05, 3.63) is 17.5 Å². The summed E-state index contributed by atoms with van der Waals surface area (Å²) in [5, 5.41) is 11.0. The van der Waals surface area contributed by atoms with E-state index in [0.717, 1.165) is 6.20 Å². The van der Waals surface area contributed by atoms with Gasteiger partial charge in [0.15, 0.2) is 0 Å². The topological polar surface area (TPSA) is 92.2 Å². The van der Waals surface area contributed by atoms with Crippen LogP contribution in [0.3, 0.4) is 0 Å². The molecule has 0 radical (unpaired) electrons. The van der Waals surface area contributed by atoms with Gasteiger partial charge in [0.25, 0.3) is 0 Å². The lowest BCUT2D eigenvalue weighted by atomic mass is 10.2. The summed E-state index contributed by atoms with van der Waals surface area (Å²) in [6.45, 7) is 2.86. The molecule has 0 saturated carbocycles. The Labute approximate surface area is 80.0 Å². The minimum Gasteiger partial charge on any atom is -0.478 e. The Hall–Kier alpha value is -1.98. The number of nitrogens with one attached hydrogen (secondary N) is 1. The SMILES string of the molecule is CC(=O)Nc1ncc(C(=O)O)c(C)n1. The molecule has 0 aliphatic rings. The summed E-state index contributed by atoms with van der Waals surface area (Å²) < 4.78 is 0. The molecule has 0 bridgehead atoms. The second-order valence-corrected chi connectivity index (χ2v) is 2.68. The highest BCUT2D eigenvalue weighted by molar-refractivity contribution is 5.89. The monoisotopic (exact) mass is 195 g/mol. The Bertz CT molecular complexity index is 389. The van der Waals surface area contributed by atoms with Crippen LogP contribution < -0.4 is 5.32 Å². The molecule has 0 aromatic carbocycles. The van der Waals surface area contributed by atoms with Gasteiger partial charge >= 0.3 is 5.97 Å². The van der Waals surface area contributed by atoms with Crippen LogP contribution in [0, 0.1) is 6.92 Å². The molecular weight excluding hydrogens is 186 g/mol. The van der Waals surface area contributed by atoms with Gasteiger partial charge in [0, 0.05) is 13.1 Å². The van der Waals surface area contributed by atoms with Gasteiger partial charge < -0.3 is 5.11 Å². The van der Waals surface area contributed by atoms with Crippen LogP contribution in [0.2, 0.25) is 0 Å². The normalized spacial score (nSPS) is 9.57. The van der Waals surface area contributed by atoms with Gasteiger partial charge in [-0.1, -0.05) is 0 Å². The molecule has 2 N–H and O–H groups in total. The van der Waals surface area contributed by atoms with Crippen LogP contribution in [0.5, 0.6) is 0 Å². The largest absolute Gasteiger partial charge is 0.478 e. The van der Waals surface area contributed by atoms with E-state index in [9.17, 15) is 9.59 Å². The first-order chi connectivity index (χ1) is 6.50. The van der Waals surface area contributed by atoms with Gasteiger partial charge in [0.2, 0.25) is 11.9 Å². The molecule has 1 aromatic heterocycles. The predicted octanol–water partition coefficient (Wildman–Crippen LogP) is 0.442. The summed E-state index contributed by atoms with van der Waals surface area (Å²) in [5.41, 5.74) is 0.343. The molecule has 0 aliphatic heterocycles. The predicted molar refractivity (Wildman–Crippen MR) is 48.0 cm³/mol. The van der Waals surface area contributed by atoms with Crippen LogP contribution in [-0.2, 0) is 4.79 Å². The first kappa shape index (κ1) is 10.1. The van der Waals surface area contributed by atoms with E-state index in [2.05, 4.69) is 15.3 Å². The molecule has 6 nitrogen and oxygen atoms in total. The number of nitrogens with zero attached hydrogens (tertiary/aromatic N) is 2. The minimum absolute atomic E-state index is 0.0269. The number of hydrogen-bond acceptors (Lipinski definition) is 4. The number of aryl methyl sites for hydroxylation is 1. The van der Waals surface area contributed by atoms with Crippen molar-refractivity contribution in [3.63, 3.8) is 0 Å². The molecule has 1 amide bonds. The van der Waals surface area contributed by atoms with Crippen molar-refractivity contribution in [1.82, 2.24) is 9.97 Å². The van der Waals surface area contributed by atoms with E-state index in [4.69, 9.17) is 5.11 Å². The third-order valence-corrected chi connectivity index (χ3v) is 1.50. The summed E-state index contributed by atoms with van der Waals surface area (Å²) in [6.07, 6.45) is 1.16. The molecule has 0 fully saturated rings. The van der Waals surface area contributed by atoms with Crippen molar-refractivity contribution in [2.75, 3.05) is 5.32 Å². The average molecular weight is 195 g/mol. The Morgan fingerprint density at radius 3 is 2.57 bits per heavy atom. The maximum Gasteiger partial charge on any atom is 0.339 e. The second-order valence-electron chi connectivity index (χ2n) is 2.68. The Morgan fingerprint density at radius 1 is 1.50 bits per heavy atom. The number of rotatable bonds is 2. The molecule has 0 atom stereocenters. The van der Waals surface area contributed by atoms with Crippen molar-refractivity contribution >= 4 is 17.8 Å². The fraction of sp³-hybridized carbons (Fsp3) is 0.250. The Kier molecular flexibility index (Phi) is 2.76. The molecule has 1 heterocycles. The van der Waals surface area contributed by atoms with E-state index in [-0.39, 0.29) is 17.4 Å². The lowest BCUT2D eigenvalue weighted by Gasteiger charge is -2.02. The highest BCUT2D eigenvalue weighted by Gasteiger charge is 2.09. The number of aromatic nitrogens is 2. The number of hydrogen-bond donors (Lipinski definition) is 2. The quantitative estimate of drug-likeness (QED) is 0.714. The van der Waals surface area contributed by atoms with Crippen LogP contribution in [-0.4, -0.2) is 27.0 Å². The highest BCUT2D eigenvalue weighted by atomic mass is 16.4. The van der Waals surface area contributed by atoms with Gasteiger partial charge in [-0.25, -0.2) is 14.8 Å². The van der Waals surface area contributed by atoms with Crippen molar-refractivity contribution in [2.45, 2.75) is 13.8 Å². The lowest BCUT2D eigenvalue weighted by Crippen LogP contribution is -2.12. The molecule has 74 valence electrons. The number of anilines is 1. The minimum atomic E-state index is -1.09. The van der Waals surface area contributed by atoms with Crippen molar-refractivity contribution < 1.29 is 14.7 Å².